The summed E-state index contributed by atoms with van der Waals surface area (Å²) < 4.78 is 11.1. The monoisotopic (exact) mass is 377 g/mol. The van der Waals surface area contributed by atoms with Crippen LogP contribution in [0.15, 0.2) is 28.7 Å². The van der Waals surface area contributed by atoms with E-state index in [-0.39, 0.29) is 11.9 Å². The smallest absolute Gasteiger partial charge is 0.236 e. The molecule has 7 heteroatoms. The minimum Gasteiger partial charge on any atom is -0.439 e. The maximum absolute atomic E-state index is 12.3. The van der Waals surface area contributed by atoms with E-state index < -0.39 is 0 Å². The van der Waals surface area contributed by atoms with Gasteiger partial charge in [0.15, 0.2) is 5.76 Å². The zero-order chi connectivity index (χ0) is 18.7. The molecule has 26 heavy (non-hydrogen) atoms. The summed E-state index contributed by atoms with van der Waals surface area (Å²) in [4.78, 5) is 20.9. The standard InChI is InChI=1S/C19H24ClN3O3/c1-13-18(15-4-6-16(20)7-5-15)26-19(21-13)14(2)23-9-8-22(10-11-25-3)17(24)12-23/h4-7,14H,8-12H2,1-3H3. The first-order chi connectivity index (χ1) is 12.5. The summed E-state index contributed by atoms with van der Waals surface area (Å²) in [6, 6.07) is 7.44. The van der Waals surface area contributed by atoms with Crippen LogP contribution in [-0.4, -0.2) is 60.6 Å². The van der Waals surface area contributed by atoms with Gasteiger partial charge in [-0.05, 0) is 38.1 Å². The summed E-state index contributed by atoms with van der Waals surface area (Å²) in [6.45, 7) is 6.99. The molecule has 2 heterocycles. The first kappa shape index (κ1) is 18.9. The molecule has 0 saturated carbocycles. The van der Waals surface area contributed by atoms with Gasteiger partial charge < -0.3 is 14.1 Å². The fraction of sp³-hybridized carbons (Fsp3) is 0.474. The lowest BCUT2D eigenvalue weighted by atomic mass is 10.1. The Morgan fingerprint density at radius 2 is 2.04 bits per heavy atom. The largest absolute Gasteiger partial charge is 0.439 e. The Hall–Kier alpha value is -1.89. The van der Waals surface area contributed by atoms with Crippen LogP contribution >= 0.6 is 11.6 Å². The molecule has 0 bridgehead atoms. The summed E-state index contributed by atoms with van der Waals surface area (Å²) in [5.41, 5.74) is 1.78. The number of amides is 1. The highest BCUT2D eigenvalue weighted by molar-refractivity contribution is 6.30. The Morgan fingerprint density at radius 3 is 2.69 bits per heavy atom. The van der Waals surface area contributed by atoms with Crippen LogP contribution in [0.5, 0.6) is 0 Å². The van der Waals surface area contributed by atoms with E-state index in [2.05, 4.69) is 9.88 Å². The average molecular weight is 378 g/mol. The highest BCUT2D eigenvalue weighted by Gasteiger charge is 2.30. The number of piperazine rings is 1. The number of halogens is 1. The fourth-order valence-corrected chi connectivity index (χ4v) is 3.24. The summed E-state index contributed by atoms with van der Waals surface area (Å²) in [7, 11) is 1.64. The number of nitrogens with zero attached hydrogens (tertiary/aromatic N) is 3. The normalized spacial score (nSPS) is 16.9. The second kappa shape index (κ2) is 8.20. The number of oxazole rings is 1. The lowest BCUT2D eigenvalue weighted by Crippen LogP contribution is -2.51. The number of carbonyl (C=O) groups excluding carboxylic acids is 1. The van der Waals surface area contributed by atoms with Crippen molar-refractivity contribution in [2.75, 3.05) is 39.9 Å². The van der Waals surface area contributed by atoms with Gasteiger partial charge in [0.2, 0.25) is 11.8 Å². The number of rotatable bonds is 6. The summed E-state index contributed by atoms with van der Waals surface area (Å²) in [5, 5.41) is 0.685. The van der Waals surface area contributed by atoms with Crippen molar-refractivity contribution in [3.63, 3.8) is 0 Å². The predicted molar refractivity (Wildman–Crippen MR) is 100 cm³/mol. The number of hydrogen-bond donors (Lipinski definition) is 0. The van der Waals surface area contributed by atoms with Crippen molar-refractivity contribution in [1.29, 1.82) is 0 Å². The van der Waals surface area contributed by atoms with E-state index in [1.807, 2.05) is 43.0 Å². The van der Waals surface area contributed by atoms with Crippen LogP contribution in [0.25, 0.3) is 11.3 Å². The molecule has 1 unspecified atom stereocenters. The molecule has 1 aromatic heterocycles. The lowest BCUT2D eigenvalue weighted by Gasteiger charge is -2.36. The van der Waals surface area contributed by atoms with E-state index in [4.69, 9.17) is 20.8 Å². The van der Waals surface area contributed by atoms with Gasteiger partial charge in [0, 0.05) is 37.3 Å². The number of benzene rings is 1. The van der Waals surface area contributed by atoms with Crippen molar-refractivity contribution >= 4 is 17.5 Å². The average Bonchev–Trinajstić information content (AvgIpc) is 3.02. The van der Waals surface area contributed by atoms with Gasteiger partial charge in [-0.1, -0.05) is 11.6 Å². The SMILES string of the molecule is COCCN1CCN(C(C)c2nc(C)c(-c3ccc(Cl)cc3)o2)CC1=O. The van der Waals surface area contributed by atoms with Gasteiger partial charge in [-0.2, -0.15) is 0 Å². The third-order valence-electron chi connectivity index (χ3n) is 4.74. The van der Waals surface area contributed by atoms with Crippen molar-refractivity contribution in [3.8, 4) is 11.3 Å². The molecule has 1 saturated heterocycles. The zero-order valence-corrected chi connectivity index (χ0v) is 16.1. The molecule has 140 valence electrons. The van der Waals surface area contributed by atoms with Crippen molar-refractivity contribution in [3.05, 3.63) is 40.9 Å². The number of methoxy groups -OCH3 is 1. The third-order valence-corrected chi connectivity index (χ3v) is 4.99. The Labute approximate surface area is 158 Å². The van der Waals surface area contributed by atoms with Crippen molar-refractivity contribution in [2.24, 2.45) is 0 Å². The first-order valence-corrected chi connectivity index (χ1v) is 9.11. The Bertz CT molecular complexity index is 760. The highest BCUT2D eigenvalue weighted by Crippen LogP contribution is 2.30. The van der Waals surface area contributed by atoms with Crippen LogP contribution in [0.1, 0.15) is 24.6 Å². The summed E-state index contributed by atoms with van der Waals surface area (Å²) >= 11 is 5.96. The molecule has 6 nitrogen and oxygen atoms in total. The molecule has 0 radical (unpaired) electrons. The topological polar surface area (TPSA) is 58.8 Å². The lowest BCUT2D eigenvalue weighted by molar-refractivity contribution is -0.137. The summed E-state index contributed by atoms with van der Waals surface area (Å²) in [5.74, 6) is 1.49. The molecule has 1 fully saturated rings. The molecule has 0 spiro atoms. The number of aromatic nitrogens is 1. The van der Waals surface area contributed by atoms with Gasteiger partial charge >= 0.3 is 0 Å². The van der Waals surface area contributed by atoms with Crippen LogP contribution in [0.3, 0.4) is 0 Å². The number of ether oxygens (including phenoxy) is 1. The second-order valence-corrected chi connectivity index (χ2v) is 6.93. The van der Waals surface area contributed by atoms with E-state index in [0.29, 0.717) is 37.2 Å². The molecule has 1 aliphatic heterocycles. The van der Waals surface area contributed by atoms with E-state index >= 15 is 0 Å². The number of aryl methyl sites for hydroxylation is 1. The number of carbonyl (C=O) groups is 1. The van der Waals surface area contributed by atoms with Crippen molar-refractivity contribution < 1.29 is 13.9 Å². The van der Waals surface area contributed by atoms with Crippen LogP contribution in [-0.2, 0) is 9.53 Å². The molecule has 1 aliphatic rings. The minimum atomic E-state index is -0.0664. The van der Waals surface area contributed by atoms with Gasteiger partial charge in [-0.25, -0.2) is 4.98 Å². The Balaban J connectivity index is 1.71. The minimum absolute atomic E-state index is 0.0664. The van der Waals surface area contributed by atoms with Crippen LogP contribution in [0.4, 0.5) is 0 Å². The van der Waals surface area contributed by atoms with Gasteiger partial charge in [0.1, 0.15) is 0 Å². The van der Waals surface area contributed by atoms with E-state index in [9.17, 15) is 4.79 Å². The maximum atomic E-state index is 12.3. The molecule has 0 N–H and O–H groups in total. The Kier molecular flexibility index (Phi) is 5.96. The molecule has 2 aromatic rings. The molecule has 1 amide bonds. The molecule has 1 atom stereocenters. The van der Waals surface area contributed by atoms with E-state index in [1.165, 1.54) is 0 Å². The van der Waals surface area contributed by atoms with Crippen LogP contribution < -0.4 is 0 Å². The van der Waals surface area contributed by atoms with Gasteiger partial charge in [-0.3, -0.25) is 9.69 Å². The highest BCUT2D eigenvalue weighted by atomic mass is 35.5. The maximum Gasteiger partial charge on any atom is 0.236 e. The van der Waals surface area contributed by atoms with Crippen molar-refractivity contribution in [1.82, 2.24) is 14.8 Å². The van der Waals surface area contributed by atoms with Crippen LogP contribution in [0.2, 0.25) is 5.02 Å². The van der Waals surface area contributed by atoms with E-state index in [1.54, 1.807) is 7.11 Å². The van der Waals surface area contributed by atoms with E-state index in [0.717, 1.165) is 23.6 Å². The zero-order valence-electron chi connectivity index (χ0n) is 15.4. The Morgan fingerprint density at radius 1 is 1.31 bits per heavy atom. The molecule has 3 rings (SSSR count). The van der Waals surface area contributed by atoms with Crippen molar-refractivity contribution in [2.45, 2.75) is 19.9 Å². The molecule has 1 aromatic carbocycles. The van der Waals surface area contributed by atoms with Gasteiger partial charge in [0.05, 0.1) is 24.9 Å². The molecule has 0 aliphatic carbocycles. The first-order valence-electron chi connectivity index (χ1n) is 8.73. The molecular formula is C19H24ClN3O3. The van der Waals surface area contributed by atoms with Crippen LogP contribution in [0, 0.1) is 6.92 Å². The summed E-state index contributed by atoms with van der Waals surface area (Å²) in [6.07, 6.45) is 0. The number of hydrogen-bond acceptors (Lipinski definition) is 5. The molecular weight excluding hydrogens is 354 g/mol. The fourth-order valence-electron chi connectivity index (χ4n) is 3.12. The van der Waals surface area contributed by atoms with Gasteiger partial charge in [0.25, 0.3) is 0 Å². The van der Waals surface area contributed by atoms with Gasteiger partial charge in [-0.15, -0.1) is 0 Å². The predicted octanol–water partition coefficient (Wildman–Crippen LogP) is 3.16. The third kappa shape index (κ3) is 4.09. The second-order valence-electron chi connectivity index (χ2n) is 6.49. The quantitative estimate of drug-likeness (QED) is 0.774.